The number of benzene rings is 4. The van der Waals surface area contributed by atoms with Gasteiger partial charge in [-0.05, 0) is 65.8 Å². The number of carbonyl (C=O) groups is 3. The van der Waals surface area contributed by atoms with E-state index in [0.717, 1.165) is 12.5 Å². The minimum absolute atomic E-state index is 0.00318. The monoisotopic (exact) mass is 768 g/mol. The Bertz CT molecular complexity index is 2200. The number of esters is 1. The molecule has 4 aromatic carbocycles. The molecule has 6 rings (SSSR count). The zero-order valence-electron chi connectivity index (χ0n) is 30.7. The Morgan fingerprint density at radius 2 is 1.61 bits per heavy atom. The normalized spacial score (nSPS) is 20.6. The zero-order valence-corrected chi connectivity index (χ0v) is 30.7. The molecule has 5 atom stereocenters. The minimum Gasteiger partial charge on any atom is -0.507 e. The summed E-state index contributed by atoms with van der Waals surface area (Å²) in [5, 5.41) is 63.5. The van der Waals surface area contributed by atoms with Crippen molar-refractivity contribution in [2.75, 3.05) is 6.61 Å². The van der Waals surface area contributed by atoms with Crippen molar-refractivity contribution >= 4 is 29.7 Å². The largest absolute Gasteiger partial charge is 0.507 e. The first-order chi connectivity index (χ1) is 26.7. The highest BCUT2D eigenvalue weighted by atomic mass is 16.7. The predicted molar refractivity (Wildman–Crippen MR) is 203 cm³/mol. The highest BCUT2D eigenvalue weighted by Gasteiger charge is 2.44. The lowest BCUT2D eigenvalue weighted by Gasteiger charge is -2.39. The number of rotatable bonds is 12. The SMILES string of the molecule is CC(=O)Oc1cc(CO)c2c(c1/C=C\c1cccc(CCCO)c1)C(=O)c1cc(O[C@H]3O[C@@H](C)[C@@H](O)[C@@H](O)[C@H]3O)c(Cc3cccc(C(N)N)c3)c(O)c1C2=O. The van der Waals surface area contributed by atoms with E-state index in [1.165, 1.54) is 25.1 Å². The predicted octanol–water partition coefficient (Wildman–Crippen LogP) is 2.39. The Labute approximate surface area is 322 Å². The molecule has 294 valence electrons. The van der Waals surface area contributed by atoms with Crippen molar-refractivity contribution in [3.05, 3.63) is 122 Å². The van der Waals surface area contributed by atoms with Crippen LogP contribution in [0, 0.1) is 0 Å². The van der Waals surface area contributed by atoms with Crippen molar-refractivity contribution in [3.63, 3.8) is 0 Å². The fourth-order valence-corrected chi connectivity index (χ4v) is 7.05. The highest BCUT2D eigenvalue weighted by Crippen LogP contribution is 2.45. The van der Waals surface area contributed by atoms with Gasteiger partial charge in [0.2, 0.25) is 6.29 Å². The van der Waals surface area contributed by atoms with Crippen LogP contribution in [-0.2, 0) is 29.0 Å². The molecule has 0 aromatic heterocycles. The number of nitrogens with two attached hydrogens (primary N) is 2. The average molecular weight is 769 g/mol. The van der Waals surface area contributed by atoms with Gasteiger partial charge >= 0.3 is 5.97 Å². The number of aliphatic hydroxyl groups excluding tert-OH is 5. The Morgan fingerprint density at radius 3 is 2.30 bits per heavy atom. The quantitative estimate of drug-likeness (QED) is 0.0393. The molecule has 14 nitrogen and oxygen atoms in total. The lowest BCUT2D eigenvalue weighted by atomic mass is 9.77. The molecule has 0 amide bonds. The van der Waals surface area contributed by atoms with E-state index in [4.69, 9.17) is 25.7 Å². The van der Waals surface area contributed by atoms with Crippen LogP contribution in [0.5, 0.6) is 17.2 Å². The number of fused-ring (bicyclic) bond motifs is 2. The molecule has 0 radical (unpaired) electrons. The number of ketones is 2. The van der Waals surface area contributed by atoms with Gasteiger partial charge in [0, 0.05) is 47.8 Å². The average Bonchev–Trinajstić information content (AvgIpc) is 3.17. The van der Waals surface area contributed by atoms with E-state index >= 15 is 0 Å². The molecule has 1 heterocycles. The first-order valence-electron chi connectivity index (χ1n) is 18.1. The molecule has 1 aliphatic carbocycles. The van der Waals surface area contributed by atoms with Crippen LogP contribution in [0.2, 0.25) is 0 Å². The van der Waals surface area contributed by atoms with Crippen LogP contribution < -0.4 is 20.9 Å². The van der Waals surface area contributed by atoms with Gasteiger partial charge in [-0.25, -0.2) is 0 Å². The minimum atomic E-state index is -1.76. The van der Waals surface area contributed by atoms with E-state index in [9.17, 15) is 45.0 Å². The van der Waals surface area contributed by atoms with Crippen molar-refractivity contribution in [2.45, 2.75) is 76.6 Å². The molecule has 56 heavy (non-hydrogen) atoms. The number of aliphatic hydroxyl groups is 5. The van der Waals surface area contributed by atoms with Gasteiger partial charge in [-0.1, -0.05) is 54.6 Å². The molecular formula is C42H44N2O12. The number of aromatic hydroxyl groups is 1. The number of phenolic OH excluding ortho intramolecular Hbond substituents is 1. The van der Waals surface area contributed by atoms with Crippen LogP contribution in [0.25, 0.3) is 12.2 Å². The van der Waals surface area contributed by atoms with Crippen molar-refractivity contribution < 1.29 is 59.2 Å². The Morgan fingerprint density at radius 1 is 0.875 bits per heavy atom. The van der Waals surface area contributed by atoms with Crippen LogP contribution in [-0.4, -0.2) is 85.5 Å². The van der Waals surface area contributed by atoms with E-state index in [0.29, 0.717) is 29.5 Å². The highest BCUT2D eigenvalue weighted by molar-refractivity contribution is 6.31. The number of hydrogen-bond donors (Lipinski definition) is 8. The molecule has 10 N–H and O–H groups in total. The Kier molecular flexibility index (Phi) is 12.1. The molecular weight excluding hydrogens is 724 g/mol. The van der Waals surface area contributed by atoms with E-state index in [1.54, 1.807) is 36.4 Å². The third kappa shape index (κ3) is 8.00. The van der Waals surface area contributed by atoms with Crippen LogP contribution in [0.15, 0.2) is 60.7 Å². The molecule has 0 saturated carbocycles. The molecule has 4 aromatic rings. The van der Waals surface area contributed by atoms with Gasteiger partial charge in [-0.15, -0.1) is 0 Å². The third-order valence-electron chi connectivity index (χ3n) is 9.91. The second kappa shape index (κ2) is 16.8. The maximum absolute atomic E-state index is 14.8. The van der Waals surface area contributed by atoms with Crippen LogP contribution in [0.3, 0.4) is 0 Å². The standard InChI is InChI=1S/C42H44N2O12/c1-20-35(48)39(52)40(53)42(54-20)56-31-18-29-34(36(49)28(31)16-24-8-4-10-25(15-24)41(43)44)38(51)32-26(19-46)17-30(55-21(2)47)27(33(32)37(29)50)12-11-23-7-3-6-22(14-23)9-5-13-45/h3-4,6-8,10-12,14-15,17-18,20,35,39-42,45-46,48-49,52-53H,5,9,13,16,19,43-44H2,1-2H3/b12-11-/t20-,35+,39+,40+,42+/m0/s1. The van der Waals surface area contributed by atoms with Crippen molar-refractivity contribution in [1.29, 1.82) is 0 Å². The summed E-state index contributed by atoms with van der Waals surface area (Å²) in [4.78, 5) is 41.7. The van der Waals surface area contributed by atoms with E-state index in [2.05, 4.69) is 0 Å². The topological polar surface area (TPSA) is 252 Å². The molecule has 0 spiro atoms. The molecule has 1 fully saturated rings. The van der Waals surface area contributed by atoms with Gasteiger partial charge in [0.05, 0.1) is 24.4 Å². The molecule has 0 unspecified atom stereocenters. The molecule has 0 bridgehead atoms. The first kappa shape index (κ1) is 40.4. The summed E-state index contributed by atoms with van der Waals surface area (Å²) in [5.41, 5.74) is 13.5. The maximum atomic E-state index is 14.8. The van der Waals surface area contributed by atoms with Gasteiger partial charge < -0.3 is 56.3 Å². The first-order valence-corrected chi connectivity index (χ1v) is 18.1. The summed E-state index contributed by atoms with van der Waals surface area (Å²) >= 11 is 0. The molecule has 14 heteroatoms. The molecule has 1 saturated heterocycles. The van der Waals surface area contributed by atoms with Crippen molar-refractivity contribution in [3.8, 4) is 17.2 Å². The van der Waals surface area contributed by atoms with Crippen molar-refractivity contribution in [1.82, 2.24) is 0 Å². The summed E-state index contributed by atoms with van der Waals surface area (Å²) in [6.45, 7) is 1.91. The number of phenols is 1. The second-order valence-electron chi connectivity index (χ2n) is 13.9. The van der Waals surface area contributed by atoms with Gasteiger partial charge in [0.25, 0.3) is 0 Å². The van der Waals surface area contributed by atoms with E-state index in [1.807, 2.05) is 18.2 Å². The third-order valence-corrected chi connectivity index (χ3v) is 9.91. The summed E-state index contributed by atoms with van der Waals surface area (Å²) in [6.07, 6.45) is -4.04. The number of hydrogen-bond acceptors (Lipinski definition) is 14. The van der Waals surface area contributed by atoms with Crippen LogP contribution in [0.1, 0.15) is 97.2 Å². The van der Waals surface area contributed by atoms with Gasteiger partial charge in [-0.2, -0.15) is 0 Å². The lowest BCUT2D eigenvalue weighted by Crippen LogP contribution is -2.58. The van der Waals surface area contributed by atoms with Crippen LogP contribution >= 0.6 is 0 Å². The Hall–Kier alpha value is -5.29. The number of carbonyl (C=O) groups excluding carboxylic acids is 3. The summed E-state index contributed by atoms with van der Waals surface area (Å²) in [7, 11) is 0. The second-order valence-corrected chi connectivity index (χ2v) is 13.9. The van der Waals surface area contributed by atoms with Crippen LogP contribution in [0.4, 0.5) is 0 Å². The summed E-state index contributed by atoms with van der Waals surface area (Å²) in [6, 6.07) is 16.7. The zero-order chi connectivity index (χ0) is 40.4. The Balaban J connectivity index is 1.54. The fraction of sp³-hybridized carbons (Fsp3) is 0.310. The van der Waals surface area contributed by atoms with E-state index < -0.39 is 66.8 Å². The van der Waals surface area contributed by atoms with Gasteiger partial charge in [-0.3, -0.25) is 14.4 Å². The lowest BCUT2D eigenvalue weighted by molar-refractivity contribution is -0.268. The smallest absolute Gasteiger partial charge is 0.308 e. The fourth-order valence-electron chi connectivity index (χ4n) is 7.05. The molecule has 1 aliphatic heterocycles. The van der Waals surface area contributed by atoms with Gasteiger partial charge in [0.15, 0.2) is 11.6 Å². The molecule has 2 aliphatic rings. The summed E-state index contributed by atoms with van der Waals surface area (Å²) in [5.74, 6) is -3.25. The van der Waals surface area contributed by atoms with Crippen molar-refractivity contribution in [2.24, 2.45) is 11.5 Å². The summed E-state index contributed by atoms with van der Waals surface area (Å²) < 4.78 is 17.3. The number of ether oxygens (including phenoxy) is 3. The maximum Gasteiger partial charge on any atom is 0.308 e. The van der Waals surface area contributed by atoms with Gasteiger partial charge in [0.1, 0.15) is 35.6 Å². The number of aryl methyl sites for hydroxylation is 1. The van der Waals surface area contributed by atoms with E-state index in [-0.39, 0.29) is 63.5 Å².